The number of halogens is 4. The van der Waals surface area contributed by atoms with Gasteiger partial charge < -0.3 is 9.72 Å². The number of aliphatic imine (C=N–C) groups is 1. The molecular weight excluding hydrogens is 653 g/mol. The van der Waals surface area contributed by atoms with Gasteiger partial charge in [-0.25, -0.2) is 0 Å². The molecule has 0 saturated carbocycles. The van der Waals surface area contributed by atoms with Crippen LogP contribution in [0.3, 0.4) is 0 Å². The minimum Gasteiger partial charge on any atom is -0.381 e. The molecular formula is C43H68ClF3N2O. The van der Waals surface area contributed by atoms with Gasteiger partial charge in [0, 0.05) is 58.2 Å². The van der Waals surface area contributed by atoms with Crippen molar-refractivity contribution in [3.63, 3.8) is 0 Å². The van der Waals surface area contributed by atoms with Gasteiger partial charge in [-0.2, -0.15) is 13.2 Å². The van der Waals surface area contributed by atoms with Crippen LogP contribution in [0.5, 0.6) is 0 Å². The molecule has 3 nitrogen and oxygen atoms in total. The van der Waals surface area contributed by atoms with Crippen molar-refractivity contribution >= 4 is 28.7 Å². The number of nitrogens with one attached hydrogen (secondary N) is 1. The molecule has 284 valence electrons. The first-order valence-electron chi connectivity index (χ1n) is 18.5. The number of aromatic nitrogens is 1. The summed E-state index contributed by atoms with van der Waals surface area (Å²) >= 11 is 6.26. The maximum absolute atomic E-state index is 12.0. The van der Waals surface area contributed by atoms with E-state index in [1.807, 2.05) is 26.0 Å². The van der Waals surface area contributed by atoms with Gasteiger partial charge in [-0.15, -0.1) is 6.58 Å². The number of aromatic amines is 1. The number of benzene rings is 1. The summed E-state index contributed by atoms with van der Waals surface area (Å²) in [5.41, 5.74) is 6.71. The molecule has 2 aromatic rings. The highest BCUT2D eigenvalue weighted by atomic mass is 35.5. The number of allylic oxidation sites excluding steroid dienone is 9. The Morgan fingerprint density at radius 3 is 2.02 bits per heavy atom. The summed E-state index contributed by atoms with van der Waals surface area (Å²) in [4.78, 5) is 7.51. The molecule has 1 heterocycles. The van der Waals surface area contributed by atoms with E-state index in [0.717, 1.165) is 81.9 Å². The smallest absolute Gasteiger partial charge is 0.381 e. The Morgan fingerprint density at radius 2 is 1.54 bits per heavy atom. The average Bonchev–Trinajstić information content (AvgIpc) is 3.43. The average molecular weight is 721 g/mol. The molecule has 2 rings (SSSR count). The highest BCUT2D eigenvalue weighted by Crippen LogP contribution is 2.34. The molecule has 0 aliphatic heterocycles. The topological polar surface area (TPSA) is 37.4 Å². The van der Waals surface area contributed by atoms with Crippen molar-refractivity contribution in [3.05, 3.63) is 93.9 Å². The summed E-state index contributed by atoms with van der Waals surface area (Å²) in [6.07, 6.45) is 16.5. The molecule has 1 aromatic carbocycles. The van der Waals surface area contributed by atoms with Crippen LogP contribution in [0.15, 0.2) is 82.6 Å². The van der Waals surface area contributed by atoms with Crippen molar-refractivity contribution in [2.24, 2.45) is 4.99 Å². The molecule has 1 N–H and O–H groups in total. The molecule has 0 fully saturated rings. The first kappa shape index (κ1) is 49.3. The van der Waals surface area contributed by atoms with Gasteiger partial charge in [-0.3, -0.25) is 4.99 Å². The lowest BCUT2D eigenvalue weighted by Gasteiger charge is -2.15. The molecule has 0 amide bonds. The number of nitrogens with zero attached hydrogens (tertiary/aromatic N) is 1. The Bertz CT molecular complexity index is 1340. The number of ether oxygens (including phenoxy) is 1. The molecule has 1 aromatic heterocycles. The Hall–Kier alpha value is -2.83. The van der Waals surface area contributed by atoms with Crippen LogP contribution < -0.4 is 0 Å². The number of hydrogen-bond donors (Lipinski definition) is 1. The fourth-order valence-corrected chi connectivity index (χ4v) is 4.55. The third-order valence-corrected chi connectivity index (χ3v) is 7.69. The maximum atomic E-state index is 12.0. The Morgan fingerprint density at radius 1 is 0.940 bits per heavy atom. The maximum Gasteiger partial charge on any atom is 0.412 e. The molecule has 0 aliphatic rings. The SMILES string of the molecule is C=C(C)CC.CC/C=C(C)/N=C/C=C(\C)C(F)(F)F.CC/C=C/C(=C\CC)[C@H](C)c1[nH]c2ccc(Cl)cc2c1CCCC.CCCOCCC. The third-order valence-electron chi connectivity index (χ3n) is 7.45. The second-order valence-corrected chi connectivity index (χ2v) is 12.7. The summed E-state index contributed by atoms with van der Waals surface area (Å²) in [6.45, 7) is 27.5. The molecule has 0 spiro atoms. The minimum absolute atomic E-state index is 0.366. The van der Waals surface area contributed by atoms with Gasteiger partial charge in [-0.1, -0.05) is 103 Å². The molecule has 50 heavy (non-hydrogen) atoms. The van der Waals surface area contributed by atoms with Crippen LogP contribution in [0.1, 0.15) is 145 Å². The fraction of sp³-hybridized carbons (Fsp3) is 0.558. The zero-order valence-corrected chi connectivity index (χ0v) is 33.9. The van der Waals surface area contributed by atoms with Crippen LogP contribution in [0, 0.1) is 0 Å². The van der Waals surface area contributed by atoms with Gasteiger partial charge in [0.2, 0.25) is 0 Å². The van der Waals surface area contributed by atoms with E-state index in [-0.39, 0.29) is 0 Å². The third kappa shape index (κ3) is 22.8. The largest absolute Gasteiger partial charge is 0.412 e. The van der Waals surface area contributed by atoms with Crippen LogP contribution >= 0.6 is 11.6 Å². The number of H-pyrrole nitrogens is 1. The predicted octanol–water partition coefficient (Wildman–Crippen LogP) is 15.2. The van der Waals surface area contributed by atoms with Gasteiger partial charge >= 0.3 is 6.18 Å². The molecule has 0 aliphatic carbocycles. The molecule has 7 heteroatoms. The lowest BCUT2D eigenvalue weighted by atomic mass is 9.91. The van der Waals surface area contributed by atoms with Crippen LogP contribution in [0.2, 0.25) is 5.02 Å². The number of rotatable bonds is 16. The normalized spacial score (nSPS) is 13.1. The van der Waals surface area contributed by atoms with E-state index in [1.165, 1.54) is 52.4 Å². The highest BCUT2D eigenvalue weighted by molar-refractivity contribution is 6.31. The van der Waals surface area contributed by atoms with Crippen LogP contribution in [-0.4, -0.2) is 30.6 Å². The number of aryl methyl sites for hydroxylation is 1. The van der Waals surface area contributed by atoms with Gasteiger partial charge in [0.25, 0.3) is 0 Å². The first-order valence-corrected chi connectivity index (χ1v) is 18.9. The number of hydrogen-bond acceptors (Lipinski definition) is 2. The van der Waals surface area contributed by atoms with E-state index in [9.17, 15) is 13.2 Å². The molecule has 0 saturated heterocycles. The van der Waals surface area contributed by atoms with Crippen molar-refractivity contribution in [2.45, 2.75) is 146 Å². The Labute approximate surface area is 308 Å². The van der Waals surface area contributed by atoms with Crippen LogP contribution in [0.25, 0.3) is 10.9 Å². The van der Waals surface area contributed by atoms with E-state index in [1.54, 1.807) is 6.92 Å². The zero-order valence-electron chi connectivity index (χ0n) is 33.1. The number of alkyl halides is 3. The number of unbranched alkanes of at least 4 members (excludes halogenated alkanes) is 1. The van der Waals surface area contributed by atoms with Crippen molar-refractivity contribution < 1.29 is 17.9 Å². The number of fused-ring (bicyclic) bond motifs is 1. The van der Waals surface area contributed by atoms with E-state index < -0.39 is 11.7 Å². The summed E-state index contributed by atoms with van der Waals surface area (Å²) in [5, 5.41) is 2.10. The summed E-state index contributed by atoms with van der Waals surface area (Å²) in [5.74, 6) is 0.366. The predicted molar refractivity (Wildman–Crippen MR) is 217 cm³/mol. The van der Waals surface area contributed by atoms with Crippen molar-refractivity contribution in [2.75, 3.05) is 13.2 Å². The standard InChI is InChI=1S/C22H30ClN.C10H14F3N.C6H14O.C5H10/c1-5-8-11-17(10-7-3)16(4)22-19(12-9-6-2)20-15-18(23)13-14-21(20)24-22;1-4-5-9(3)14-7-6-8(2)10(11,12)13;1-3-5-7-6-4-2;1-4-5(2)3/h8,10-11,13-16,24H,5-7,9,12H2,1-4H3;5-7H,4H2,1-3H3;3-6H2,1-2H3;2,4H2,1,3H3/b11-8+,17-10+;8-6+,9-5+,14-7+;;/t16-;;;/m0.../s1. The van der Waals surface area contributed by atoms with Gasteiger partial charge in [0.05, 0.1) is 0 Å². The van der Waals surface area contributed by atoms with E-state index in [0.29, 0.717) is 5.92 Å². The minimum atomic E-state index is -4.26. The van der Waals surface area contributed by atoms with Crippen molar-refractivity contribution in [3.8, 4) is 0 Å². The Kier molecular flexibility index (Phi) is 29.4. The monoisotopic (exact) mass is 720 g/mol. The molecule has 0 unspecified atom stereocenters. The quantitative estimate of drug-likeness (QED) is 0.0797. The zero-order chi connectivity index (χ0) is 38.5. The lowest BCUT2D eigenvalue weighted by Crippen LogP contribution is -2.08. The molecule has 1 atom stereocenters. The molecule has 0 radical (unpaired) electrons. The summed E-state index contributed by atoms with van der Waals surface area (Å²) in [7, 11) is 0. The van der Waals surface area contributed by atoms with Gasteiger partial charge in [0.15, 0.2) is 0 Å². The van der Waals surface area contributed by atoms with Crippen LogP contribution in [0.4, 0.5) is 13.2 Å². The highest BCUT2D eigenvalue weighted by Gasteiger charge is 2.29. The van der Waals surface area contributed by atoms with Crippen LogP contribution in [-0.2, 0) is 11.2 Å². The van der Waals surface area contributed by atoms with E-state index in [4.69, 9.17) is 16.3 Å². The summed E-state index contributed by atoms with van der Waals surface area (Å²) < 4.78 is 41.1. The fourth-order valence-electron chi connectivity index (χ4n) is 4.38. The van der Waals surface area contributed by atoms with E-state index >= 15 is 0 Å². The summed E-state index contributed by atoms with van der Waals surface area (Å²) in [6, 6.07) is 6.19. The van der Waals surface area contributed by atoms with E-state index in [2.05, 4.69) is 95.4 Å². The van der Waals surface area contributed by atoms with Gasteiger partial charge in [-0.05, 0) is 108 Å². The lowest BCUT2D eigenvalue weighted by molar-refractivity contribution is -0.0911. The van der Waals surface area contributed by atoms with Gasteiger partial charge in [0.1, 0.15) is 0 Å². The van der Waals surface area contributed by atoms with Crippen molar-refractivity contribution in [1.29, 1.82) is 0 Å². The second kappa shape index (κ2) is 29.9. The molecule has 0 bridgehead atoms. The second-order valence-electron chi connectivity index (χ2n) is 12.3. The Balaban J connectivity index is 0. The van der Waals surface area contributed by atoms with Crippen molar-refractivity contribution in [1.82, 2.24) is 4.98 Å². The first-order chi connectivity index (χ1) is 23.7.